The van der Waals surface area contributed by atoms with Crippen LogP contribution in [0, 0.1) is 0 Å². The quantitative estimate of drug-likeness (QED) is 0.600. The molecule has 1 saturated heterocycles. The van der Waals surface area contributed by atoms with E-state index in [4.69, 9.17) is 4.74 Å². The summed E-state index contributed by atoms with van der Waals surface area (Å²) >= 11 is 0. The second-order valence-corrected chi connectivity index (χ2v) is 1.80. The monoisotopic (exact) mass is 167 g/mol. The molecule has 1 rings (SSSR count). The smallest absolute Gasteiger partial charge is 0.411 e. The molecule has 0 spiro atoms. The summed E-state index contributed by atoms with van der Waals surface area (Å²) in [5.74, 6) is 0. The standard InChI is InChI=1S/C5H9NO3.ClH/c1-8-4-6-2-3-9-5(6)7;/h2-4H2,1H3;1H. The Balaban J connectivity index is 0.000000810. The van der Waals surface area contributed by atoms with E-state index in [9.17, 15) is 4.79 Å². The molecule has 0 N–H and O–H groups in total. The number of hydrogen-bond acceptors (Lipinski definition) is 3. The molecule has 0 radical (unpaired) electrons. The molecule has 1 fully saturated rings. The first-order valence-electron chi connectivity index (χ1n) is 2.75. The van der Waals surface area contributed by atoms with E-state index in [1.54, 1.807) is 7.11 Å². The van der Waals surface area contributed by atoms with Gasteiger partial charge in [0.15, 0.2) is 0 Å². The van der Waals surface area contributed by atoms with E-state index >= 15 is 0 Å². The van der Waals surface area contributed by atoms with Gasteiger partial charge in [0.25, 0.3) is 0 Å². The van der Waals surface area contributed by atoms with Crippen molar-refractivity contribution >= 4 is 18.5 Å². The summed E-state index contributed by atoms with van der Waals surface area (Å²) in [5.41, 5.74) is 0. The normalized spacial score (nSPS) is 16.5. The summed E-state index contributed by atoms with van der Waals surface area (Å²) in [6, 6.07) is 0. The third-order valence-corrected chi connectivity index (χ3v) is 1.13. The Morgan fingerprint density at radius 3 is 2.90 bits per heavy atom. The van der Waals surface area contributed by atoms with Gasteiger partial charge in [0.2, 0.25) is 0 Å². The minimum absolute atomic E-state index is 0. The Labute approximate surface area is 65.5 Å². The van der Waals surface area contributed by atoms with Crippen LogP contribution in [0.2, 0.25) is 0 Å². The molecule has 0 aromatic carbocycles. The molecule has 1 aliphatic rings. The Morgan fingerprint density at radius 2 is 2.50 bits per heavy atom. The van der Waals surface area contributed by atoms with Crippen molar-refractivity contribution in [3.05, 3.63) is 0 Å². The van der Waals surface area contributed by atoms with Gasteiger partial charge in [0.1, 0.15) is 13.3 Å². The van der Waals surface area contributed by atoms with E-state index in [1.807, 2.05) is 0 Å². The number of nitrogens with zero attached hydrogens (tertiary/aromatic N) is 1. The van der Waals surface area contributed by atoms with Crippen LogP contribution in [0.3, 0.4) is 0 Å². The highest BCUT2D eigenvalue weighted by atomic mass is 35.5. The summed E-state index contributed by atoms with van der Waals surface area (Å²) < 4.78 is 9.35. The summed E-state index contributed by atoms with van der Waals surface area (Å²) in [6.45, 7) is 1.47. The average Bonchev–Trinajstić information content (AvgIpc) is 2.18. The number of rotatable bonds is 2. The first-order chi connectivity index (χ1) is 4.34. The van der Waals surface area contributed by atoms with E-state index in [0.29, 0.717) is 19.9 Å². The third kappa shape index (κ3) is 2.04. The fraction of sp³-hybridized carbons (Fsp3) is 0.800. The van der Waals surface area contributed by atoms with E-state index in [0.717, 1.165) is 0 Å². The zero-order valence-electron chi connectivity index (χ0n) is 5.70. The lowest BCUT2D eigenvalue weighted by Gasteiger charge is -2.08. The molecule has 0 bridgehead atoms. The zero-order valence-corrected chi connectivity index (χ0v) is 6.52. The minimum Gasteiger partial charge on any atom is -0.447 e. The van der Waals surface area contributed by atoms with E-state index in [-0.39, 0.29) is 18.5 Å². The predicted molar refractivity (Wildman–Crippen MR) is 37.2 cm³/mol. The van der Waals surface area contributed by atoms with Crippen LogP contribution in [0.4, 0.5) is 4.79 Å². The molecule has 1 aliphatic heterocycles. The van der Waals surface area contributed by atoms with Crippen molar-refractivity contribution in [1.29, 1.82) is 0 Å². The average molecular weight is 168 g/mol. The maximum absolute atomic E-state index is 10.6. The second kappa shape index (κ2) is 4.35. The molecular weight excluding hydrogens is 158 g/mol. The zero-order chi connectivity index (χ0) is 6.69. The Kier molecular flexibility index (Phi) is 4.14. The van der Waals surface area contributed by atoms with Crippen molar-refractivity contribution in [3.8, 4) is 0 Å². The van der Waals surface area contributed by atoms with Gasteiger partial charge in [0.05, 0.1) is 6.54 Å². The van der Waals surface area contributed by atoms with Gasteiger partial charge >= 0.3 is 6.09 Å². The number of halogens is 1. The first kappa shape index (κ1) is 9.52. The second-order valence-electron chi connectivity index (χ2n) is 1.80. The van der Waals surface area contributed by atoms with Crippen LogP contribution in [0.15, 0.2) is 0 Å². The highest BCUT2D eigenvalue weighted by Crippen LogP contribution is 2.01. The molecule has 0 aromatic rings. The van der Waals surface area contributed by atoms with Crippen molar-refractivity contribution in [2.75, 3.05) is 27.0 Å². The Hall–Kier alpha value is -0.480. The van der Waals surface area contributed by atoms with E-state index < -0.39 is 0 Å². The van der Waals surface area contributed by atoms with Crippen LogP contribution >= 0.6 is 12.4 Å². The van der Waals surface area contributed by atoms with Crippen LogP contribution in [0.25, 0.3) is 0 Å². The number of amides is 1. The van der Waals surface area contributed by atoms with Gasteiger partial charge in [-0.05, 0) is 0 Å². The molecule has 0 atom stereocenters. The number of carbonyl (C=O) groups excluding carboxylic acids is 1. The lowest BCUT2D eigenvalue weighted by atomic mass is 10.7. The van der Waals surface area contributed by atoms with Gasteiger partial charge in [-0.1, -0.05) is 0 Å². The maximum atomic E-state index is 10.6. The summed E-state index contributed by atoms with van der Waals surface area (Å²) in [7, 11) is 1.55. The molecule has 10 heavy (non-hydrogen) atoms. The molecule has 0 aliphatic carbocycles. The molecule has 60 valence electrons. The van der Waals surface area contributed by atoms with Crippen LogP contribution in [-0.4, -0.2) is 38.0 Å². The van der Waals surface area contributed by atoms with Crippen LogP contribution in [0.1, 0.15) is 0 Å². The van der Waals surface area contributed by atoms with Crippen LogP contribution < -0.4 is 0 Å². The molecule has 1 amide bonds. The molecule has 1 heterocycles. The number of hydrogen-bond donors (Lipinski definition) is 0. The molecule has 0 saturated carbocycles. The van der Waals surface area contributed by atoms with Crippen molar-refractivity contribution in [2.45, 2.75) is 0 Å². The number of carbonyl (C=O) groups is 1. The molecular formula is C5H10ClNO3. The van der Waals surface area contributed by atoms with Gasteiger partial charge in [0, 0.05) is 7.11 Å². The number of methoxy groups -OCH3 is 1. The maximum Gasteiger partial charge on any atom is 0.411 e. The van der Waals surface area contributed by atoms with Gasteiger partial charge in [-0.3, -0.25) is 4.90 Å². The van der Waals surface area contributed by atoms with E-state index in [2.05, 4.69) is 4.74 Å². The lowest BCUT2D eigenvalue weighted by Crippen LogP contribution is -2.26. The van der Waals surface area contributed by atoms with Crippen molar-refractivity contribution in [1.82, 2.24) is 4.90 Å². The third-order valence-electron chi connectivity index (χ3n) is 1.13. The number of ether oxygens (including phenoxy) is 2. The van der Waals surface area contributed by atoms with Crippen LogP contribution in [0.5, 0.6) is 0 Å². The highest BCUT2D eigenvalue weighted by Gasteiger charge is 2.20. The number of cyclic esters (lactones) is 1. The fourth-order valence-electron chi connectivity index (χ4n) is 0.699. The van der Waals surface area contributed by atoms with Gasteiger partial charge in [-0.15, -0.1) is 12.4 Å². The van der Waals surface area contributed by atoms with Crippen molar-refractivity contribution in [2.24, 2.45) is 0 Å². The largest absolute Gasteiger partial charge is 0.447 e. The SMILES string of the molecule is COCN1CCOC1=O.Cl. The topological polar surface area (TPSA) is 38.8 Å². The van der Waals surface area contributed by atoms with Gasteiger partial charge in [-0.2, -0.15) is 0 Å². The first-order valence-corrected chi connectivity index (χ1v) is 2.75. The predicted octanol–water partition coefficient (Wildman–Crippen LogP) is 0.464. The summed E-state index contributed by atoms with van der Waals surface area (Å²) in [5, 5.41) is 0. The highest BCUT2D eigenvalue weighted by molar-refractivity contribution is 5.85. The molecule has 5 heteroatoms. The van der Waals surface area contributed by atoms with Crippen molar-refractivity contribution in [3.63, 3.8) is 0 Å². The summed E-state index contributed by atoms with van der Waals surface area (Å²) in [6.07, 6.45) is -0.281. The van der Waals surface area contributed by atoms with Crippen LogP contribution in [-0.2, 0) is 9.47 Å². The Morgan fingerprint density at radius 1 is 1.80 bits per heavy atom. The lowest BCUT2D eigenvalue weighted by molar-refractivity contribution is 0.0859. The molecule has 0 unspecified atom stereocenters. The minimum atomic E-state index is -0.281. The van der Waals surface area contributed by atoms with Gasteiger partial charge < -0.3 is 9.47 Å². The molecule has 4 nitrogen and oxygen atoms in total. The summed E-state index contributed by atoms with van der Waals surface area (Å²) in [4.78, 5) is 12.1. The molecule has 0 aromatic heterocycles. The van der Waals surface area contributed by atoms with E-state index in [1.165, 1.54) is 4.90 Å². The Bertz CT molecular complexity index is 119. The fourth-order valence-corrected chi connectivity index (χ4v) is 0.699. The van der Waals surface area contributed by atoms with Crippen molar-refractivity contribution < 1.29 is 14.3 Å². The van der Waals surface area contributed by atoms with Gasteiger partial charge in [-0.25, -0.2) is 4.79 Å².